The van der Waals surface area contributed by atoms with Crippen molar-refractivity contribution in [1.82, 2.24) is 9.97 Å². The second-order valence-electron chi connectivity index (χ2n) is 9.45. The summed E-state index contributed by atoms with van der Waals surface area (Å²) in [5.74, 6) is -0.932. The highest BCUT2D eigenvalue weighted by Crippen LogP contribution is 2.31. The van der Waals surface area contributed by atoms with Crippen molar-refractivity contribution in [1.29, 1.82) is 0 Å². The van der Waals surface area contributed by atoms with Crippen LogP contribution in [-0.2, 0) is 18.9 Å². The molecule has 0 saturated carbocycles. The molecule has 0 amide bonds. The van der Waals surface area contributed by atoms with Gasteiger partial charge in [0.25, 0.3) is 0 Å². The van der Waals surface area contributed by atoms with Crippen LogP contribution in [0.3, 0.4) is 0 Å². The molecular formula is C29H42N2O6. The van der Waals surface area contributed by atoms with Gasteiger partial charge in [0, 0.05) is 18.3 Å². The summed E-state index contributed by atoms with van der Waals surface area (Å²) in [6.07, 6.45) is 6.11. The van der Waals surface area contributed by atoms with Gasteiger partial charge in [-0.3, -0.25) is 9.97 Å². The molecule has 2 aromatic rings. The maximum Gasteiger partial charge on any atom is 0.340 e. The third-order valence-electron chi connectivity index (χ3n) is 7.43. The van der Waals surface area contributed by atoms with Crippen LogP contribution in [0.15, 0.2) is 36.7 Å². The summed E-state index contributed by atoms with van der Waals surface area (Å²) in [6, 6.07) is 6.31. The van der Waals surface area contributed by atoms with Gasteiger partial charge in [0.05, 0.1) is 48.9 Å². The van der Waals surface area contributed by atoms with Crippen LogP contribution in [0.1, 0.15) is 87.9 Å². The van der Waals surface area contributed by atoms with E-state index >= 15 is 0 Å². The summed E-state index contributed by atoms with van der Waals surface area (Å²) in [4.78, 5) is 33.5. The van der Waals surface area contributed by atoms with Gasteiger partial charge >= 0.3 is 11.9 Å². The Balaban J connectivity index is 2.10. The molecule has 0 saturated heterocycles. The molecule has 0 spiro atoms. The number of hydrogen-bond donors (Lipinski definition) is 0. The van der Waals surface area contributed by atoms with E-state index in [-0.39, 0.29) is 17.4 Å². The topological polar surface area (TPSA) is 96.8 Å². The van der Waals surface area contributed by atoms with Gasteiger partial charge in [-0.15, -0.1) is 0 Å². The lowest BCUT2D eigenvalue weighted by Gasteiger charge is -2.34. The summed E-state index contributed by atoms with van der Waals surface area (Å²) < 4.78 is 22.7. The fourth-order valence-corrected chi connectivity index (χ4v) is 4.04. The number of pyridine rings is 2. The highest BCUT2D eigenvalue weighted by molar-refractivity contribution is 5.92. The molecule has 0 bridgehead atoms. The molecule has 2 aromatic heterocycles. The summed E-state index contributed by atoms with van der Waals surface area (Å²) >= 11 is 0. The quantitative estimate of drug-likeness (QED) is 0.160. The molecule has 0 aliphatic rings. The minimum Gasteiger partial charge on any atom is -0.465 e. The molecule has 2 heterocycles. The van der Waals surface area contributed by atoms with E-state index in [4.69, 9.17) is 18.9 Å². The number of nitrogens with zero attached hydrogens (tertiary/aromatic N) is 2. The van der Waals surface area contributed by atoms with Crippen LogP contribution in [0, 0.1) is 11.3 Å². The first kappa shape index (κ1) is 30.4. The van der Waals surface area contributed by atoms with E-state index in [9.17, 15) is 9.59 Å². The first-order chi connectivity index (χ1) is 17.7. The number of aromatic nitrogens is 2. The highest BCUT2D eigenvalue weighted by atomic mass is 16.7. The van der Waals surface area contributed by atoms with E-state index in [2.05, 4.69) is 51.5 Å². The number of carbonyl (C=O) groups excluding carboxylic acids is 2. The zero-order valence-corrected chi connectivity index (χ0v) is 23.3. The smallest absolute Gasteiger partial charge is 0.340 e. The molecule has 0 aliphatic carbocycles. The van der Waals surface area contributed by atoms with Crippen LogP contribution in [0.4, 0.5) is 0 Å². The number of ether oxygens (including phenoxy) is 4. The molecule has 0 aliphatic heterocycles. The molecule has 0 radical (unpaired) electrons. The second kappa shape index (κ2) is 14.8. The van der Waals surface area contributed by atoms with Gasteiger partial charge in [0.1, 0.15) is 0 Å². The van der Waals surface area contributed by atoms with Crippen molar-refractivity contribution < 1.29 is 28.5 Å². The Morgan fingerprint density at radius 3 is 1.86 bits per heavy atom. The van der Waals surface area contributed by atoms with E-state index in [0.29, 0.717) is 35.7 Å². The zero-order chi connectivity index (χ0) is 27.4. The van der Waals surface area contributed by atoms with Crippen molar-refractivity contribution in [2.75, 3.05) is 20.3 Å². The third-order valence-corrected chi connectivity index (χ3v) is 7.43. The van der Waals surface area contributed by atoms with E-state index in [0.717, 1.165) is 25.7 Å². The number of methoxy groups -OCH3 is 1. The van der Waals surface area contributed by atoms with Crippen LogP contribution < -0.4 is 0 Å². The Labute approximate surface area is 221 Å². The van der Waals surface area contributed by atoms with Crippen molar-refractivity contribution in [2.24, 2.45) is 11.3 Å². The predicted octanol–water partition coefficient (Wildman–Crippen LogP) is 6.10. The third kappa shape index (κ3) is 8.33. The monoisotopic (exact) mass is 514 g/mol. The number of carbonyl (C=O) groups is 2. The molecule has 2 atom stereocenters. The highest BCUT2D eigenvalue weighted by Gasteiger charge is 2.29. The Hall–Kier alpha value is -2.84. The lowest BCUT2D eigenvalue weighted by atomic mass is 9.80. The van der Waals surface area contributed by atoms with Gasteiger partial charge in [-0.1, -0.05) is 34.6 Å². The molecule has 2 unspecified atom stereocenters. The molecule has 37 heavy (non-hydrogen) atoms. The van der Waals surface area contributed by atoms with Crippen LogP contribution in [0.5, 0.6) is 0 Å². The van der Waals surface area contributed by atoms with Crippen LogP contribution in [0.25, 0.3) is 11.4 Å². The van der Waals surface area contributed by atoms with Crippen molar-refractivity contribution in [2.45, 2.75) is 79.6 Å². The molecule has 0 N–H and O–H groups in total. The van der Waals surface area contributed by atoms with Crippen molar-refractivity contribution in [3.05, 3.63) is 47.8 Å². The van der Waals surface area contributed by atoms with E-state index in [1.165, 1.54) is 19.5 Å². The van der Waals surface area contributed by atoms with E-state index in [1.807, 2.05) is 0 Å². The Kier molecular flexibility index (Phi) is 12.1. The fraction of sp³-hybridized carbons (Fsp3) is 0.586. The number of esters is 2. The van der Waals surface area contributed by atoms with Crippen molar-refractivity contribution in [3.8, 4) is 11.4 Å². The second-order valence-corrected chi connectivity index (χ2v) is 9.45. The van der Waals surface area contributed by atoms with E-state index in [1.54, 1.807) is 24.3 Å². The molecule has 0 fully saturated rings. The SMILES string of the molecule is CCC(CC)C(OCCOC(C)C(C)(CC)CC)OC(=O)c1ccnc(-c2cc(C(=O)OC)ccn2)c1. The fourth-order valence-electron chi connectivity index (χ4n) is 4.04. The minimum absolute atomic E-state index is 0.0534. The molecule has 8 heteroatoms. The first-order valence-corrected chi connectivity index (χ1v) is 13.2. The predicted molar refractivity (Wildman–Crippen MR) is 142 cm³/mol. The first-order valence-electron chi connectivity index (χ1n) is 13.2. The van der Waals surface area contributed by atoms with Gasteiger partial charge in [-0.2, -0.15) is 0 Å². The normalized spacial score (nSPS) is 13.3. The summed E-state index contributed by atoms with van der Waals surface area (Å²) in [7, 11) is 1.32. The van der Waals surface area contributed by atoms with Crippen molar-refractivity contribution in [3.63, 3.8) is 0 Å². The Morgan fingerprint density at radius 2 is 1.38 bits per heavy atom. The summed E-state index contributed by atoms with van der Waals surface area (Å²) in [5.41, 5.74) is 1.67. The van der Waals surface area contributed by atoms with Gasteiger partial charge in [0.15, 0.2) is 0 Å². The molecule has 204 valence electrons. The molecule has 8 nitrogen and oxygen atoms in total. The van der Waals surface area contributed by atoms with Gasteiger partial charge < -0.3 is 18.9 Å². The summed E-state index contributed by atoms with van der Waals surface area (Å²) in [5, 5.41) is 0. The molecule has 2 rings (SSSR count). The van der Waals surface area contributed by atoms with Crippen LogP contribution in [0.2, 0.25) is 0 Å². The number of hydrogen-bond acceptors (Lipinski definition) is 8. The van der Waals surface area contributed by atoms with Crippen LogP contribution in [-0.4, -0.2) is 54.6 Å². The lowest BCUT2D eigenvalue weighted by Crippen LogP contribution is -2.34. The standard InChI is InChI=1S/C29H42N2O6/c1-8-21(9-2)28(36-17-16-35-20(5)29(6,10-3)11-4)37-27(33)23-13-15-31-25(19-23)24-18-22(12-14-30-24)26(32)34-7/h12-15,18-21,28H,8-11,16-17H2,1-7H3. The van der Waals surface area contributed by atoms with Gasteiger partial charge in [0.2, 0.25) is 6.29 Å². The van der Waals surface area contributed by atoms with Gasteiger partial charge in [-0.25, -0.2) is 9.59 Å². The van der Waals surface area contributed by atoms with Gasteiger partial charge in [-0.05, 0) is 62.3 Å². The average Bonchev–Trinajstić information content (AvgIpc) is 2.94. The lowest BCUT2D eigenvalue weighted by molar-refractivity contribution is -0.157. The van der Waals surface area contributed by atoms with Crippen LogP contribution >= 0.6 is 0 Å². The van der Waals surface area contributed by atoms with E-state index < -0.39 is 18.2 Å². The zero-order valence-electron chi connectivity index (χ0n) is 23.3. The Morgan fingerprint density at radius 1 is 0.865 bits per heavy atom. The largest absolute Gasteiger partial charge is 0.465 e. The minimum atomic E-state index is -0.692. The Bertz CT molecular complexity index is 1000. The average molecular weight is 515 g/mol. The summed E-state index contributed by atoms with van der Waals surface area (Å²) in [6.45, 7) is 13.5. The molecule has 0 aromatic carbocycles. The maximum atomic E-state index is 13.1. The number of rotatable bonds is 15. The molecular weight excluding hydrogens is 472 g/mol. The maximum absolute atomic E-state index is 13.1. The van der Waals surface area contributed by atoms with Crippen molar-refractivity contribution >= 4 is 11.9 Å².